The van der Waals surface area contributed by atoms with Crippen molar-refractivity contribution in [3.8, 4) is 0 Å². The Bertz CT molecular complexity index is 653. The molecule has 11 N–H and O–H groups in total. The first-order valence-corrected chi connectivity index (χ1v) is 10.6. The van der Waals surface area contributed by atoms with Crippen molar-refractivity contribution in [3.05, 3.63) is 0 Å². The molecule has 0 saturated carbocycles. The predicted molar refractivity (Wildman–Crippen MR) is 101 cm³/mol. The molecule has 0 spiro atoms. The van der Waals surface area contributed by atoms with Crippen molar-refractivity contribution in [2.45, 2.75) is 85.5 Å². The number of ether oxygens (including phenoxy) is 5. The van der Waals surface area contributed by atoms with E-state index in [4.69, 9.17) is 23.7 Å². The fraction of sp³-hybridized carbons (Fsp3) is 1.00. The standard InChI is InChI=1S/C18H32O16/c19-1-5-8(22)11(25)13(27)16(31-5)30-3-7-9(23)12(26)14(28)17(32-7)34-18(4-21)15(29)10(24)6(2-20)33-18/h5-17,19-29H,1-4H2/t5?,6-,7?,8+,9-,10-,11+,12+,13?,14?,15-,16+,17+,18+/m1/s1. The molecule has 200 valence electrons. The van der Waals surface area contributed by atoms with Crippen LogP contribution in [0.1, 0.15) is 0 Å². The monoisotopic (exact) mass is 504 g/mol. The molecule has 0 aromatic rings. The summed E-state index contributed by atoms with van der Waals surface area (Å²) in [5, 5.41) is 109. The molecule has 16 heteroatoms. The van der Waals surface area contributed by atoms with Gasteiger partial charge in [0, 0.05) is 0 Å². The van der Waals surface area contributed by atoms with E-state index in [1.54, 1.807) is 0 Å². The Morgan fingerprint density at radius 1 is 0.588 bits per heavy atom. The Balaban J connectivity index is 1.69. The van der Waals surface area contributed by atoms with Crippen LogP contribution in [-0.2, 0) is 23.7 Å². The number of rotatable bonds is 8. The molecule has 34 heavy (non-hydrogen) atoms. The van der Waals surface area contributed by atoms with Crippen LogP contribution in [0.4, 0.5) is 0 Å². The van der Waals surface area contributed by atoms with Gasteiger partial charge in [-0.2, -0.15) is 0 Å². The second-order valence-electron chi connectivity index (χ2n) is 8.41. The third-order valence-corrected chi connectivity index (χ3v) is 6.16. The van der Waals surface area contributed by atoms with Crippen LogP contribution < -0.4 is 0 Å². The SMILES string of the molecule is OCC1O[C@H](OCC2O[C@@H](O[C@]3(CO)O[C@H](CO)[C@@H](O)[C@H]3O)C(O)[C@@H](O)[C@@H]2O)C(O)[C@@H](O)[C@H]1O. The Labute approximate surface area is 192 Å². The quantitative estimate of drug-likeness (QED) is 0.146. The van der Waals surface area contributed by atoms with Gasteiger partial charge in [-0.3, -0.25) is 0 Å². The summed E-state index contributed by atoms with van der Waals surface area (Å²) in [6.45, 7) is -3.14. The molecule has 0 radical (unpaired) electrons. The van der Waals surface area contributed by atoms with Crippen LogP contribution in [0.25, 0.3) is 0 Å². The number of aliphatic hydroxyl groups is 11. The maximum absolute atomic E-state index is 10.3. The van der Waals surface area contributed by atoms with Gasteiger partial charge in [0.05, 0.1) is 19.8 Å². The molecular formula is C18H32O16. The van der Waals surface area contributed by atoms with E-state index >= 15 is 0 Å². The fourth-order valence-electron chi connectivity index (χ4n) is 4.01. The molecule has 3 heterocycles. The summed E-state index contributed by atoms with van der Waals surface area (Å²) in [4.78, 5) is 0. The summed E-state index contributed by atoms with van der Waals surface area (Å²) in [5.41, 5.74) is 0. The molecule has 0 aromatic carbocycles. The summed E-state index contributed by atoms with van der Waals surface area (Å²) in [5.74, 6) is -2.36. The maximum atomic E-state index is 10.3. The molecule has 3 rings (SSSR count). The topological polar surface area (TPSA) is 269 Å². The summed E-state index contributed by atoms with van der Waals surface area (Å²) >= 11 is 0. The minimum Gasteiger partial charge on any atom is -0.394 e. The zero-order valence-electron chi connectivity index (χ0n) is 17.8. The molecule has 3 aliphatic heterocycles. The molecule has 3 saturated heterocycles. The van der Waals surface area contributed by atoms with Crippen LogP contribution >= 0.6 is 0 Å². The first-order chi connectivity index (χ1) is 16.0. The van der Waals surface area contributed by atoms with E-state index in [-0.39, 0.29) is 0 Å². The minimum absolute atomic E-state index is 0.634. The van der Waals surface area contributed by atoms with Crippen LogP contribution in [0.15, 0.2) is 0 Å². The summed E-state index contributed by atoms with van der Waals surface area (Å²) < 4.78 is 26.4. The van der Waals surface area contributed by atoms with Crippen LogP contribution in [0.3, 0.4) is 0 Å². The first kappa shape index (κ1) is 27.9. The molecule has 3 fully saturated rings. The van der Waals surface area contributed by atoms with Crippen LogP contribution in [-0.4, -0.2) is 168 Å². The predicted octanol–water partition coefficient (Wildman–Crippen LogP) is -7.57. The summed E-state index contributed by atoms with van der Waals surface area (Å²) in [7, 11) is 0. The van der Waals surface area contributed by atoms with E-state index in [1.165, 1.54) is 0 Å². The van der Waals surface area contributed by atoms with Crippen LogP contribution in [0, 0.1) is 0 Å². The number of aliphatic hydroxyl groups excluding tert-OH is 11. The molecule has 4 unspecified atom stereocenters. The van der Waals surface area contributed by atoms with Crippen molar-refractivity contribution < 1.29 is 79.9 Å². The fourth-order valence-corrected chi connectivity index (χ4v) is 4.01. The second kappa shape index (κ2) is 11.2. The van der Waals surface area contributed by atoms with Crippen LogP contribution in [0.5, 0.6) is 0 Å². The highest BCUT2D eigenvalue weighted by molar-refractivity contribution is 4.98. The first-order valence-electron chi connectivity index (χ1n) is 10.6. The van der Waals surface area contributed by atoms with Crippen LogP contribution in [0.2, 0.25) is 0 Å². The van der Waals surface area contributed by atoms with Gasteiger partial charge in [0.15, 0.2) is 12.6 Å². The van der Waals surface area contributed by atoms with Crippen molar-refractivity contribution in [1.82, 2.24) is 0 Å². The lowest BCUT2D eigenvalue weighted by Gasteiger charge is -2.44. The van der Waals surface area contributed by atoms with Gasteiger partial charge < -0.3 is 79.9 Å². The highest BCUT2D eigenvalue weighted by atomic mass is 16.8. The average molecular weight is 504 g/mol. The van der Waals surface area contributed by atoms with E-state index in [2.05, 4.69) is 0 Å². The zero-order valence-corrected chi connectivity index (χ0v) is 17.8. The van der Waals surface area contributed by atoms with E-state index in [0.29, 0.717) is 0 Å². The van der Waals surface area contributed by atoms with Crippen molar-refractivity contribution in [2.24, 2.45) is 0 Å². The molecule has 0 bridgehead atoms. The van der Waals surface area contributed by atoms with Gasteiger partial charge in [-0.15, -0.1) is 0 Å². The van der Waals surface area contributed by atoms with Gasteiger partial charge in [-0.1, -0.05) is 0 Å². The Morgan fingerprint density at radius 3 is 1.65 bits per heavy atom. The largest absolute Gasteiger partial charge is 0.394 e. The third kappa shape index (κ3) is 5.09. The lowest BCUT2D eigenvalue weighted by atomic mass is 9.98. The molecule has 16 nitrogen and oxygen atoms in total. The smallest absolute Gasteiger partial charge is 0.224 e. The Morgan fingerprint density at radius 2 is 1.12 bits per heavy atom. The van der Waals surface area contributed by atoms with E-state index < -0.39 is 112 Å². The summed E-state index contributed by atoms with van der Waals surface area (Å²) in [6, 6.07) is 0. The minimum atomic E-state index is -2.36. The van der Waals surface area contributed by atoms with Gasteiger partial charge in [0.2, 0.25) is 5.79 Å². The van der Waals surface area contributed by atoms with Crippen molar-refractivity contribution >= 4 is 0 Å². The highest BCUT2D eigenvalue weighted by Gasteiger charge is 2.58. The molecule has 0 aliphatic carbocycles. The van der Waals surface area contributed by atoms with Crippen molar-refractivity contribution in [2.75, 3.05) is 26.4 Å². The maximum Gasteiger partial charge on any atom is 0.224 e. The lowest BCUT2D eigenvalue weighted by molar-refractivity contribution is -0.388. The van der Waals surface area contributed by atoms with Gasteiger partial charge in [-0.25, -0.2) is 0 Å². The molecule has 0 amide bonds. The number of hydrogen-bond donors (Lipinski definition) is 11. The third-order valence-electron chi connectivity index (χ3n) is 6.16. The lowest BCUT2D eigenvalue weighted by Crippen LogP contribution is -2.63. The molecule has 0 aromatic heterocycles. The van der Waals surface area contributed by atoms with E-state index in [0.717, 1.165) is 0 Å². The van der Waals surface area contributed by atoms with E-state index in [9.17, 15) is 56.2 Å². The zero-order chi connectivity index (χ0) is 25.4. The van der Waals surface area contributed by atoms with Crippen molar-refractivity contribution in [3.63, 3.8) is 0 Å². The number of hydrogen-bond acceptors (Lipinski definition) is 16. The van der Waals surface area contributed by atoms with Crippen molar-refractivity contribution in [1.29, 1.82) is 0 Å². The Hall–Kier alpha value is -0.640. The van der Waals surface area contributed by atoms with Gasteiger partial charge in [-0.05, 0) is 0 Å². The summed E-state index contributed by atoms with van der Waals surface area (Å²) in [6.07, 6.45) is -21.8. The second-order valence-corrected chi connectivity index (χ2v) is 8.41. The normalized spacial score (nSPS) is 52.1. The molecular weight excluding hydrogens is 472 g/mol. The van der Waals surface area contributed by atoms with Gasteiger partial charge in [0.25, 0.3) is 0 Å². The van der Waals surface area contributed by atoms with E-state index in [1.807, 2.05) is 0 Å². The highest BCUT2D eigenvalue weighted by Crippen LogP contribution is 2.36. The van der Waals surface area contributed by atoms with Gasteiger partial charge >= 0.3 is 0 Å². The average Bonchev–Trinajstić information content (AvgIpc) is 3.08. The molecule has 3 aliphatic rings. The molecule has 14 atom stereocenters. The Kier molecular flexibility index (Phi) is 9.18. The van der Waals surface area contributed by atoms with Gasteiger partial charge in [0.1, 0.15) is 73.8 Å².